The highest BCUT2D eigenvalue weighted by Gasteiger charge is 2.30. The molecule has 2 aliphatic rings. The van der Waals surface area contributed by atoms with Gasteiger partial charge in [-0.05, 0) is 98.7 Å². The number of fused-ring (bicyclic) bond motifs is 1. The van der Waals surface area contributed by atoms with Crippen molar-refractivity contribution in [2.24, 2.45) is 0 Å². The van der Waals surface area contributed by atoms with Crippen LogP contribution in [0, 0.1) is 13.8 Å². The van der Waals surface area contributed by atoms with E-state index in [1.807, 2.05) is 73.3 Å². The summed E-state index contributed by atoms with van der Waals surface area (Å²) in [5, 5.41) is 6.81. The molecule has 3 aromatic carbocycles. The van der Waals surface area contributed by atoms with Gasteiger partial charge in [0.15, 0.2) is 0 Å². The van der Waals surface area contributed by atoms with Crippen molar-refractivity contribution in [2.75, 3.05) is 36.5 Å². The molecule has 0 spiro atoms. The van der Waals surface area contributed by atoms with Crippen molar-refractivity contribution in [2.45, 2.75) is 52.5 Å². The minimum atomic E-state index is -0.157. The number of morpholine rings is 1. The maximum absolute atomic E-state index is 13.8. The van der Waals surface area contributed by atoms with E-state index in [0.717, 1.165) is 74.4 Å². The number of hydrogen-bond donors (Lipinski definition) is 2. The highest BCUT2D eigenvalue weighted by Crippen LogP contribution is 2.34. The Labute approximate surface area is 236 Å². The molecular formula is C32H38ClN3O3. The van der Waals surface area contributed by atoms with Crippen molar-refractivity contribution < 1.29 is 14.3 Å². The first-order valence-corrected chi connectivity index (χ1v) is 14.1. The largest absolute Gasteiger partial charge is 0.379 e. The Balaban J connectivity index is 0.000000519. The van der Waals surface area contributed by atoms with Gasteiger partial charge in [-0.25, -0.2) is 0 Å². The third-order valence-corrected chi connectivity index (χ3v) is 7.53. The number of nitrogens with zero attached hydrogens (tertiary/aromatic N) is 1. The molecule has 206 valence electrons. The van der Waals surface area contributed by atoms with Crippen LogP contribution < -0.4 is 15.5 Å². The van der Waals surface area contributed by atoms with Crippen LogP contribution in [-0.2, 0) is 11.2 Å². The number of benzene rings is 3. The molecule has 2 heterocycles. The smallest absolute Gasteiger partial charge is 0.258 e. The van der Waals surface area contributed by atoms with E-state index < -0.39 is 0 Å². The molecule has 1 fully saturated rings. The first-order chi connectivity index (χ1) is 18.9. The molecule has 1 unspecified atom stereocenters. The molecule has 0 saturated carbocycles. The van der Waals surface area contributed by atoms with Gasteiger partial charge in [-0.15, -0.1) is 0 Å². The Morgan fingerprint density at radius 2 is 1.77 bits per heavy atom. The quantitative estimate of drug-likeness (QED) is 0.387. The summed E-state index contributed by atoms with van der Waals surface area (Å²) in [6, 6.07) is 18.9. The Kier molecular flexibility index (Phi) is 10.2. The standard InChI is InChI=1S/C28H29ClN2O2.C4H9NO/c1-4-23-10-7-9-20-17-21(29)12-15-26(20)31(23)28(33)25-14-13-22(16-19(25)3)30-27(32)24-11-6-5-8-18(24)2;1-3-6-4-2-5-1/h5-6,8,11-17,23H,4,7,9-10H2,1-3H3,(H,30,32);5H,1-4H2. The van der Waals surface area contributed by atoms with Gasteiger partial charge in [0.25, 0.3) is 11.8 Å². The van der Waals surface area contributed by atoms with Gasteiger partial charge >= 0.3 is 0 Å². The molecule has 1 saturated heterocycles. The highest BCUT2D eigenvalue weighted by molar-refractivity contribution is 6.30. The van der Waals surface area contributed by atoms with Crippen molar-refractivity contribution in [3.63, 3.8) is 0 Å². The number of amides is 2. The number of nitrogens with one attached hydrogen (secondary N) is 2. The first kappa shape index (κ1) is 28.8. The summed E-state index contributed by atoms with van der Waals surface area (Å²) >= 11 is 6.24. The van der Waals surface area contributed by atoms with Gasteiger partial charge in [-0.2, -0.15) is 0 Å². The van der Waals surface area contributed by atoms with Crippen LogP contribution in [0.3, 0.4) is 0 Å². The maximum atomic E-state index is 13.8. The van der Waals surface area contributed by atoms with Crippen molar-refractivity contribution >= 4 is 34.8 Å². The summed E-state index contributed by atoms with van der Waals surface area (Å²) in [5.74, 6) is -0.169. The van der Waals surface area contributed by atoms with Crippen LogP contribution in [0.15, 0.2) is 60.7 Å². The predicted octanol–water partition coefficient (Wildman–Crippen LogP) is 6.58. The SMILES string of the molecule is C1COCCN1.CCC1CCCc2cc(Cl)ccc2N1C(=O)c1ccc(NC(=O)c2ccccc2C)cc1C. The summed E-state index contributed by atoms with van der Waals surface area (Å²) < 4.78 is 5.01. The van der Waals surface area contributed by atoms with Gasteiger partial charge in [0, 0.05) is 46.7 Å². The van der Waals surface area contributed by atoms with Gasteiger partial charge < -0.3 is 20.3 Å². The minimum absolute atomic E-state index is 0.0124. The van der Waals surface area contributed by atoms with E-state index in [2.05, 4.69) is 17.6 Å². The van der Waals surface area contributed by atoms with Crippen molar-refractivity contribution in [3.05, 3.63) is 93.5 Å². The third-order valence-electron chi connectivity index (χ3n) is 7.29. The molecule has 39 heavy (non-hydrogen) atoms. The third kappa shape index (κ3) is 7.27. The van der Waals surface area contributed by atoms with E-state index in [1.54, 1.807) is 6.07 Å². The lowest BCUT2D eigenvalue weighted by molar-refractivity contribution is 0.0973. The van der Waals surface area contributed by atoms with Crippen molar-refractivity contribution in [1.82, 2.24) is 5.32 Å². The number of rotatable bonds is 4. The Bertz CT molecular complexity index is 1290. The number of ether oxygens (including phenoxy) is 1. The van der Waals surface area contributed by atoms with Crippen LogP contribution in [0.5, 0.6) is 0 Å². The van der Waals surface area contributed by atoms with Crippen LogP contribution in [-0.4, -0.2) is 44.2 Å². The summed E-state index contributed by atoms with van der Waals surface area (Å²) in [5.41, 5.74) is 5.77. The van der Waals surface area contributed by atoms with Crippen LogP contribution in [0.25, 0.3) is 0 Å². The molecule has 2 amide bonds. The Hall–Kier alpha value is -3.19. The number of aryl methyl sites for hydroxylation is 3. The fourth-order valence-corrected chi connectivity index (χ4v) is 5.35. The second-order valence-corrected chi connectivity index (χ2v) is 10.5. The number of halogens is 1. The van der Waals surface area contributed by atoms with Gasteiger partial charge in [0.1, 0.15) is 0 Å². The lowest BCUT2D eigenvalue weighted by atomic mass is 10.0. The molecule has 2 aliphatic heterocycles. The average Bonchev–Trinajstić information content (AvgIpc) is 3.13. The molecule has 0 aromatic heterocycles. The van der Waals surface area contributed by atoms with Gasteiger partial charge in [-0.1, -0.05) is 36.7 Å². The number of carbonyl (C=O) groups is 2. The van der Waals surface area contributed by atoms with Gasteiger partial charge in [-0.3, -0.25) is 9.59 Å². The van der Waals surface area contributed by atoms with Gasteiger partial charge in [0.2, 0.25) is 0 Å². The predicted molar refractivity (Wildman–Crippen MR) is 159 cm³/mol. The molecule has 0 aliphatic carbocycles. The molecule has 2 N–H and O–H groups in total. The second-order valence-electron chi connectivity index (χ2n) is 10.1. The maximum Gasteiger partial charge on any atom is 0.258 e. The molecule has 6 nitrogen and oxygen atoms in total. The monoisotopic (exact) mass is 547 g/mol. The van der Waals surface area contributed by atoms with Crippen LogP contribution in [0.1, 0.15) is 63.6 Å². The highest BCUT2D eigenvalue weighted by atomic mass is 35.5. The zero-order valence-electron chi connectivity index (χ0n) is 23.1. The number of hydrogen-bond acceptors (Lipinski definition) is 4. The van der Waals surface area contributed by atoms with Crippen molar-refractivity contribution in [3.8, 4) is 0 Å². The fourth-order valence-electron chi connectivity index (χ4n) is 5.16. The zero-order chi connectivity index (χ0) is 27.8. The molecular weight excluding hydrogens is 510 g/mol. The van der Waals surface area contributed by atoms with E-state index in [1.165, 1.54) is 0 Å². The summed E-state index contributed by atoms with van der Waals surface area (Å²) in [6.45, 7) is 9.79. The summed E-state index contributed by atoms with van der Waals surface area (Å²) in [4.78, 5) is 28.4. The lowest BCUT2D eigenvalue weighted by Gasteiger charge is -2.31. The Morgan fingerprint density at radius 3 is 2.41 bits per heavy atom. The van der Waals surface area contributed by atoms with E-state index in [9.17, 15) is 9.59 Å². The van der Waals surface area contributed by atoms with Crippen LogP contribution in [0.2, 0.25) is 5.02 Å². The minimum Gasteiger partial charge on any atom is -0.379 e. The molecule has 0 bridgehead atoms. The Morgan fingerprint density at radius 1 is 1.00 bits per heavy atom. The van der Waals surface area contributed by atoms with E-state index in [-0.39, 0.29) is 17.9 Å². The van der Waals surface area contributed by atoms with E-state index in [0.29, 0.717) is 21.8 Å². The molecule has 5 rings (SSSR count). The number of carbonyl (C=O) groups excluding carboxylic acids is 2. The van der Waals surface area contributed by atoms with E-state index in [4.69, 9.17) is 16.3 Å². The molecule has 7 heteroatoms. The van der Waals surface area contributed by atoms with Crippen LogP contribution in [0.4, 0.5) is 11.4 Å². The van der Waals surface area contributed by atoms with E-state index >= 15 is 0 Å². The normalized spacial score (nSPS) is 16.8. The van der Waals surface area contributed by atoms with Crippen molar-refractivity contribution in [1.29, 1.82) is 0 Å². The lowest BCUT2D eigenvalue weighted by Crippen LogP contribution is -2.40. The summed E-state index contributed by atoms with van der Waals surface area (Å²) in [6.07, 6.45) is 3.78. The fraction of sp³-hybridized carbons (Fsp3) is 0.375. The first-order valence-electron chi connectivity index (χ1n) is 13.8. The topological polar surface area (TPSA) is 70.7 Å². The molecule has 0 radical (unpaired) electrons. The molecule has 1 atom stereocenters. The average molecular weight is 548 g/mol. The van der Waals surface area contributed by atoms with Gasteiger partial charge in [0.05, 0.1) is 13.2 Å². The van der Waals surface area contributed by atoms with Crippen LogP contribution >= 0.6 is 11.6 Å². The second kappa shape index (κ2) is 13.7. The number of anilines is 2. The molecule has 3 aromatic rings. The zero-order valence-corrected chi connectivity index (χ0v) is 23.8. The summed E-state index contributed by atoms with van der Waals surface area (Å²) in [7, 11) is 0.